The molecule has 38 heavy (non-hydrogen) atoms. The Kier molecular flexibility index (Phi) is 10.9. The minimum absolute atomic E-state index is 0.493. The van der Waals surface area contributed by atoms with E-state index in [2.05, 4.69) is 0 Å². The smallest absolute Gasteiger partial charge is 0.303 e. The number of aliphatic hydroxyl groups is 3. The Morgan fingerprint density at radius 2 is 1.21 bits per heavy atom. The molecule has 0 saturated carbocycles. The van der Waals surface area contributed by atoms with Gasteiger partial charge in [0.15, 0.2) is 24.6 Å². The van der Waals surface area contributed by atoms with Crippen LogP contribution in [0.25, 0.3) is 0 Å². The van der Waals surface area contributed by atoms with E-state index in [9.17, 15) is 39.3 Å². The highest BCUT2D eigenvalue weighted by Crippen LogP contribution is 2.36. The van der Waals surface area contributed by atoms with Gasteiger partial charge in [0, 0.05) is 34.6 Å². The van der Waals surface area contributed by atoms with E-state index in [1.807, 2.05) is 0 Å². The van der Waals surface area contributed by atoms with E-state index in [0.717, 1.165) is 34.6 Å². The molecule has 0 spiro atoms. The van der Waals surface area contributed by atoms with E-state index < -0.39 is 104 Å². The molecular formula is C22H32O16. The van der Waals surface area contributed by atoms with Gasteiger partial charge in [0.1, 0.15) is 44.2 Å². The Morgan fingerprint density at radius 1 is 0.711 bits per heavy atom. The first-order chi connectivity index (χ1) is 17.6. The highest BCUT2D eigenvalue weighted by molar-refractivity contribution is 5.68. The van der Waals surface area contributed by atoms with Gasteiger partial charge in [-0.3, -0.25) is 24.0 Å². The summed E-state index contributed by atoms with van der Waals surface area (Å²) < 4.78 is 41.5. The van der Waals surface area contributed by atoms with Crippen molar-refractivity contribution < 1.29 is 77.2 Å². The molecule has 3 N–H and O–H groups in total. The molecule has 2 aliphatic heterocycles. The van der Waals surface area contributed by atoms with Crippen molar-refractivity contribution in [1.82, 2.24) is 0 Å². The first kappa shape index (κ1) is 31.3. The van der Waals surface area contributed by atoms with Gasteiger partial charge in [-0.1, -0.05) is 0 Å². The summed E-state index contributed by atoms with van der Waals surface area (Å²) in [6.07, 6.45) is -12.5. The van der Waals surface area contributed by atoms with Crippen LogP contribution in [0.4, 0.5) is 0 Å². The number of carbonyl (C=O) groups excluding carboxylic acids is 5. The van der Waals surface area contributed by atoms with E-state index >= 15 is 0 Å². The lowest BCUT2D eigenvalue weighted by molar-refractivity contribution is -0.333. The van der Waals surface area contributed by atoms with Crippen molar-refractivity contribution in [2.75, 3.05) is 19.8 Å². The van der Waals surface area contributed by atoms with Crippen molar-refractivity contribution >= 4 is 29.8 Å². The molecule has 2 heterocycles. The van der Waals surface area contributed by atoms with Crippen molar-refractivity contribution in [3.05, 3.63) is 0 Å². The average Bonchev–Trinajstić information content (AvgIpc) is 3.04. The van der Waals surface area contributed by atoms with Gasteiger partial charge in [-0.15, -0.1) is 0 Å². The predicted molar refractivity (Wildman–Crippen MR) is 116 cm³/mol. The van der Waals surface area contributed by atoms with Crippen LogP contribution in [-0.2, 0) is 61.9 Å². The van der Waals surface area contributed by atoms with Gasteiger partial charge in [-0.25, -0.2) is 0 Å². The molecular weight excluding hydrogens is 520 g/mol. The zero-order chi connectivity index (χ0) is 28.8. The Balaban J connectivity index is 2.26. The summed E-state index contributed by atoms with van der Waals surface area (Å²) in [5, 5.41) is 32.3. The third-order valence-corrected chi connectivity index (χ3v) is 5.36. The van der Waals surface area contributed by atoms with Crippen molar-refractivity contribution in [2.45, 2.75) is 89.4 Å². The summed E-state index contributed by atoms with van der Waals surface area (Å²) in [5.41, 5.74) is 0. The number of aliphatic hydroxyl groups excluding tert-OH is 2. The number of hydrogen-bond acceptors (Lipinski definition) is 16. The van der Waals surface area contributed by atoms with Crippen LogP contribution in [-0.4, -0.2) is 120 Å². The number of carbonyl (C=O) groups is 5. The van der Waals surface area contributed by atoms with Crippen molar-refractivity contribution in [3.63, 3.8) is 0 Å². The summed E-state index contributed by atoms with van der Waals surface area (Å²) >= 11 is 0. The summed E-state index contributed by atoms with van der Waals surface area (Å²) in [6.45, 7) is 3.46. The third-order valence-electron chi connectivity index (χ3n) is 5.36. The van der Waals surface area contributed by atoms with Crippen LogP contribution in [0.1, 0.15) is 34.6 Å². The maximum absolute atomic E-state index is 11.8. The summed E-state index contributed by atoms with van der Waals surface area (Å²) in [4.78, 5) is 57.4. The SMILES string of the molecule is CC(=O)OC[C@H]1O[C@](O)(CO[C@H]2O[C@H](COC(C)=O)[C@@H](OC(C)=O)[C@H](O)[C@H]2O)[C@@H](OC(C)=O)[C@@H]1OC(C)=O. The van der Waals surface area contributed by atoms with Crippen LogP contribution in [0.15, 0.2) is 0 Å². The van der Waals surface area contributed by atoms with E-state index in [0.29, 0.717) is 0 Å². The molecule has 0 aliphatic carbocycles. The lowest BCUT2D eigenvalue weighted by Gasteiger charge is -2.42. The Bertz CT molecular complexity index is 891. The zero-order valence-corrected chi connectivity index (χ0v) is 21.4. The molecule has 0 amide bonds. The monoisotopic (exact) mass is 552 g/mol. The first-order valence-electron chi connectivity index (χ1n) is 11.5. The van der Waals surface area contributed by atoms with Crippen molar-refractivity contribution in [1.29, 1.82) is 0 Å². The van der Waals surface area contributed by atoms with Gasteiger partial charge in [-0.2, -0.15) is 0 Å². The number of ether oxygens (including phenoxy) is 8. The van der Waals surface area contributed by atoms with Gasteiger partial charge >= 0.3 is 29.8 Å². The first-order valence-corrected chi connectivity index (χ1v) is 11.5. The fourth-order valence-electron chi connectivity index (χ4n) is 3.88. The molecule has 2 rings (SSSR count). The molecule has 0 aromatic rings. The molecule has 16 heteroatoms. The Hall–Kier alpha value is -2.89. The molecule has 2 fully saturated rings. The van der Waals surface area contributed by atoms with Crippen LogP contribution >= 0.6 is 0 Å². The molecule has 0 aromatic heterocycles. The van der Waals surface area contributed by atoms with Gasteiger partial charge in [0.2, 0.25) is 5.79 Å². The maximum Gasteiger partial charge on any atom is 0.303 e. The fourth-order valence-corrected chi connectivity index (χ4v) is 3.88. The molecule has 2 saturated heterocycles. The average molecular weight is 552 g/mol. The minimum atomic E-state index is -2.53. The van der Waals surface area contributed by atoms with Gasteiger partial charge in [-0.05, 0) is 0 Å². The Morgan fingerprint density at radius 3 is 1.71 bits per heavy atom. The lowest BCUT2D eigenvalue weighted by Crippen LogP contribution is -2.61. The number of hydrogen-bond donors (Lipinski definition) is 3. The van der Waals surface area contributed by atoms with E-state index in [1.54, 1.807) is 0 Å². The molecule has 9 atom stereocenters. The summed E-state index contributed by atoms with van der Waals surface area (Å²) in [5.74, 6) is -6.47. The topological polar surface area (TPSA) is 220 Å². The summed E-state index contributed by atoms with van der Waals surface area (Å²) in [6, 6.07) is 0. The minimum Gasteiger partial charge on any atom is -0.463 e. The number of esters is 5. The molecule has 16 nitrogen and oxygen atoms in total. The standard InChI is InChI=1S/C22H32O16/c1-9(23)31-6-14-18(34-11(3)25)16(28)17(29)21(37-14)33-8-22(30)20(36-13(5)27)19(35-12(4)26)15(38-22)7-32-10(2)24/h14-21,28-30H,6-8H2,1-5H3/t14-,15-,16-,17-,18-,19-,20+,21+,22-/m1/s1. The molecule has 216 valence electrons. The highest BCUT2D eigenvalue weighted by Gasteiger charge is 2.60. The fraction of sp³-hybridized carbons (Fsp3) is 0.773. The second kappa shape index (κ2) is 13.3. The van der Waals surface area contributed by atoms with E-state index in [4.69, 9.17) is 37.9 Å². The van der Waals surface area contributed by atoms with Crippen molar-refractivity contribution in [2.24, 2.45) is 0 Å². The van der Waals surface area contributed by atoms with E-state index in [-0.39, 0.29) is 0 Å². The molecule has 0 radical (unpaired) electrons. The summed E-state index contributed by atoms with van der Waals surface area (Å²) in [7, 11) is 0. The molecule has 2 aliphatic rings. The third kappa shape index (κ3) is 8.31. The maximum atomic E-state index is 11.8. The van der Waals surface area contributed by atoms with Gasteiger partial charge < -0.3 is 53.2 Å². The molecule has 0 aromatic carbocycles. The molecule has 0 bridgehead atoms. The lowest BCUT2D eigenvalue weighted by atomic mass is 9.99. The van der Waals surface area contributed by atoms with Crippen LogP contribution in [0.5, 0.6) is 0 Å². The van der Waals surface area contributed by atoms with Crippen molar-refractivity contribution in [3.8, 4) is 0 Å². The van der Waals surface area contributed by atoms with Crippen LogP contribution < -0.4 is 0 Å². The quantitative estimate of drug-likeness (QED) is 0.188. The number of rotatable bonds is 10. The second-order valence-electron chi connectivity index (χ2n) is 8.62. The van der Waals surface area contributed by atoms with Gasteiger partial charge in [0.25, 0.3) is 0 Å². The van der Waals surface area contributed by atoms with Crippen LogP contribution in [0, 0.1) is 0 Å². The Labute approximate surface area is 216 Å². The predicted octanol–water partition coefficient (Wildman–Crippen LogP) is -2.54. The van der Waals surface area contributed by atoms with E-state index in [1.165, 1.54) is 0 Å². The largest absolute Gasteiger partial charge is 0.463 e. The normalized spacial score (nSPS) is 34.6. The highest BCUT2D eigenvalue weighted by atomic mass is 16.8. The van der Waals surface area contributed by atoms with Crippen LogP contribution in [0.2, 0.25) is 0 Å². The zero-order valence-electron chi connectivity index (χ0n) is 21.4. The van der Waals surface area contributed by atoms with Crippen LogP contribution in [0.3, 0.4) is 0 Å². The molecule has 0 unspecified atom stereocenters. The van der Waals surface area contributed by atoms with Gasteiger partial charge in [0.05, 0.1) is 0 Å². The second-order valence-corrected chi connectivity index (χ2v) is 8.62.